The van der Waals surface area contributed by atoms with Crippen molar-refractivity contribution in [1.82, 2.24) is 9.80 Å². The van der Waals surface area contributed by atoms with Crippen molar-refractivity contribution in [2.24, 2.45) is 4.99 Å². The fraction of sp³-hybridized carbons (Fsp3) is 0.241. The molecule has 0 unspecified atom stereocenters. The van der Waals surface area contributed by atoms with Gasteiger partial charge in [0, 0.05) is 46.0 Å². The minimum absolute atomic E-state index is 0.143. The van der Waals surface area contributed by atoms with Gasteiger partial charge in [-0.1, -0.05) is 72.8 Å². The second kappa shape index (κ2) is 10.5. The van der Waals surface area contributed by atoms with E-state index in [9.17, 15) is 4.79 Å². The maximum absolute atomic E-state index is 12.6. The number of carbonyl (C=O) groups is 1. The molecule has 5 rings (SSSR count). The average Bonchev–Trinajstić information content (AvgIpc) is 3.26. The monoisotopic (exact) mass is 482 g/mol. The summed E-state index contributed by atoms with van der Waals surface area (Å²) in [7, 11) is 4.04. The second-order valence-electron chi connectivity index (χ2n) is 9.04. The lowest BCUT2D eigenvalue weighted by Crippen LogP contribution is -2.49. The first-order valence-electron chi connectivity index (χ1n) is 12.0. The first-order chi connectivity index (χ1) is 17.1. The molecule has 0 N–H and O–H groups in total. The van der Waals surface area contributed by atoms with Gasteiger partial charge < -0.3 is 9.80 Å². The van der Waals surface area contributed by atoms with Crippen LogP contribution in [0.4, 0.5) is 5.69 Å². The van der Waals surface area contributed by atoms with Crippen LogP contribution in [-0.4, -0.2) is 61.1 Å². The van der Waals surface area contributed by atoms with E-state index in [1.165, 1.54) is 22.9 Å². The standard InChI is InChI=1S/C29H30N4OS/c1-31(2)25-15-13-22(14-16-25)21-26-28(34)30-29(35-26)33-19-17-32(18-20-33)27(23-9-5-3-6-10-23)24-11-7-4-8-12-24/h3-16,21,27H,17-20H2,1-2H3/b26-21-. The van der Waals surface area contributed by atoms with Gasteiger partial charge in [0.15, 0.2) is 5.17 Å². The van der Waals surface area contributed by atoms with Gasteiger partial charge in [-0.3, -0.25) is 9.69 Å². The molecule has 1 saturated heterocycles. The normalized spacial score (nSPS) is 17.8. The number of carbonyl (C=O) groups excluding carboxylic acids is 1. The zero-order chi connectivity index (χ0) is 24.2. The second-order valence-corrected chi connectivity index (χ2v) is 10.1. The highest BCUT2D eigenvalue weighted by molar-refractivity contribution is 8.18. The van der Waals surface area contributed by atoms with E-state index < -0.39 is 0 Å². The summed E-state index contributed by atoms with van der Waals surface area (Å²) in [5, 5.41) is 0.821. The maximum Gasteiger partial charge on any atom is 0.286 e. The molecular weight excluding hydrogens is 452 g/mol. The highest BCUT2D eigenvalue weighted by atomic mass is 32.2. The van der Waals surface area contributed by atoms with E-state index in [4.69, 9.17) is 0 Å². The lowest BCUT2D eigenvalue weighted by atomic mass is 9.96. The molecule has 6 heteroatoms. The number of hydrogen-bond acceptors (Lipinski definition) is 5. The number of benzene rings is 3. The van der Waals surface area contributed by atoms with Gasteiger partial charge in [0.2, 0.25) is 0 Å². The number of hydrogen-bond donors (Lipinski definition) is 0. The summed E-state index contributed by atoms with van der Waals surface area (Å²) in [4.78, 5) is 24.6. The number of aliphatic imine (C=N–C) groups is 1. The topological polar surface area (TPSA) is 39.1 Å². The van der Waals surface area contributed by atoms with Gasteiger partial charge >= 0.3 is 0 Å². The van der Waals surface area contributed by atoms with Gasteiger partial charge in [0.1, 0.15) is 0 Å². The van der Waals surface area contributed by atoms with E-state index in [-0.39, 0.29) is 11.9 Å². The van der Waals surface area contributed by atoms with Gasteiger partial charge in [0.05, 0.1) is 10.9 Å². The van der Waals surface area contributed by atoms with E-state index in [0.29, 0.717) is 4.91 Å². The highest BCUT2D eigenvalue weighted by Gasteiger charge is 2.31. The molecule has 0 saturated carbocycles. The number of piperazine rings is 1. The lowest BCUT2D eigenvalue weighted by Gasteiger charge is -2.40. The molecule has 0 bridgehead atoms. The molecule has 3 aromatic carbocycles. The van der Waals surface area contributed by atoms with Gasteiger partial charge in [-0.05, 0) is 46.7 Å². The van der Waals surface area contributed by atoms with Crippen molar-refractivity contribution in [2.75, 3.05) is 45.2 Å². The van der Waals surface area contributed by atoms with Crippen molar-refractivity contribution >= 4 is 34.6 Å². The number of amides is 1. The molecule has 3 aromatic rings. The van der Waals surface area contributed by atoms with Crippen LogP contribution in [0, 0.1) is 0 Å². The van der Waals surface area contributed by atoms with Crippen molar-refractivity contribution in [3.63, 3.8) is 0 Å². The molecule has 0 radical (unpaired) electrons. The minimum Gasteiger partial charge on any atom is -0.378 e. The summed E-state index contributed by atoms with van der Waals surface area (Å²) in [6.07, 6.45) is 1.94. The number of anilines is 1. The Labute approximate surface area is 211 Å². The molecule has 2 heterocycles. The third kappa shape index (κ3) is 5.34. The van der Waals surface area contributed by atoms with Crippen LogP contribution in [0.5, 0.6) is 0 Å². The van der Waals surface area contributed by atoms with Crippen LogP contribution in [0.1, 0.15) is 22.7 Å². The maximum atomic E-state index is 12.6. The summed E-state index contributed by atoms with van der Waals surface area (Å²) in [5.74, 6) is -0.143. The Morgan fingerprint density at radius 1 is 0.829 bits per heavy atom. The van der Waals surface area contributed by atoms with E-state index >= 15 is 0 Å². The molecule has 0 atom stereocenters. The fourth-order valence-electron chi connectivity index (χ4n) is 4.61. The fourth-order valence-corrected chi connectivity index (χ4v) is 5.57. The molecule has 1 fully saturated rings. The average molecular weight is 483 g/mol. The van der Waals surface area contributed by atoms with Gasteiger partial charge in [-0.2, -0.15) is 4.99 Å². The third-order valence-corrected chi connectivity index (χ3v) is 7.54. The van der Waals surface area contributed by atoms with E-state index in [2.05, 4.69) is 92.5 Å². The summed E-state index contributed by atoms with van der Waals surface area (Å²) < 4.78 is 0. The smallest absolute Gasteiger partial charge is 0.286 e. The Hall–Kier alpha value is -3.35. The van der Waals surface area contributed by atoms with Crippen LogP contribution in [0.25, 0.3) is 6.08 Å². The van der Waals surface area contributed by atoms with E-state index in [1.54, 1.807) is 0 Å². The van der Waals surface area contributed by atoms with Gasteiger partial charge in [-0.15, -0.1) is 0 Å². The number of amidine groups is 1. The Morgan fingerprint density at radius 3 is 1.94 bits per heavy atom. The third-order valence-electron chi connectivity index (χ3n) is 6.50. The van der Waals surface area contributed by atoms with E-state index in [1.807, 2.05) is 32.3 Å². The van der Waals surface area contributed by atoms with Crippen LogP contribution >= 0.6 is 11.8 Å². The van der Waals surface area contributed by atoms with Gasteiger partial charge in [0.25, 0.3) is 5.91 Å². The van der Waals surface area contributed by atoms with Gasteiger partial charge in [-0.25, -0.2) is 0 Å². The van der Waals surface area contributed by atoms with Crippen LogP contribution < -0.4 is 4.90 Å². The Morgan fingerprint density at radius 2 is 1.40 bits per heavy atom. The zero-order valence-corrected chi connectivity index (χ0v) is 21.0. The SMILES string of the molecule is CN(C)c1ccc(/C=C2\SC(N3CCN(C(c4ccccc4)c4ccccc4)CC3)=NC2=O)cc1. The molecule has 35 heavy (non-hydrogen) atoms. The quantitative estimate of drug-likeness (QED) is 0.472. The summed E-state index contributed by atoms with van der Waals surface area (Å²) >= 11 is 1.49. The minimum atomic E-state index is -0.143. The first-order valence-corrected chi connectivity index (χ1v) is 12.8. The molecule has 0 spiro atoms. The van der Waals surface area contributed by atoms with Crippen LogP contribution in [0.15, 0.2) is 94.8 Å². The Balaban J connectivity index is 1.26. The predicted octanol–water partition coefficient (Wildman–Crippen LogP) is 5.13. The first kappa shape index (κ1) is 23.4. The van der Waals surface area contributed by atoms with Crippen molar-refractivity contribution in [1.29, 1.82) is 0 Å². The zero-order valence-electron chi connectivity index (χ0n) is 20.2. The molecule has 0 aliphatic carbocycles. The highest BCUT2D eigenvalue weighted by Crippen LogP contribution is 2.33. The molecule has 5 nitrogen and oxygen atoms in total. The number of rotatable bonds is 5. The Bertz CT molecular complexity index is 1180. The summed E-state index contributed by atoms with van der Waals surface area (Å²) in [5.41, 5.74) is 4.76. The van der Waals surface area contributed by atoms with Crippen molar-refractivity contribution in [3.05, 3.63) is 107 Å². The molecule has 1 amide bonds. The molecule has 2 aliphatic rings. The predicted molar refractivity (Wildman–Crippen MR) is 147 cm³/mol. The number of nitrogens with zero attached hydrogens (tertiary/aromatic N) is 4. The van der Waals surface area contributed by atoms with Crippen LogP contribution in [0.2, 0.25) is 0 Å². The Kier molecular flexibility index (Phi) is 7.02. The van der Waals surface area contributed by atoms with Crippen LogP contribution in [-0.2, 0) is 4.79 Å². The summed E-state index contributed by atoms with van der Waals surface area (Å²) in [6.45, 7) is 3.51. The molecule has 0 aromatic heterocycles. The van der Waals surface area contributed by atoms with Crippen molar-refractivity contribution in [2.45, 2.75) is 6.04 Å². The van der Waals surface area contributed by atoms with Crippen molar-refractivity contribution < 1.29 is 4.79 Å². The molecular formula is C29H30N4OS. The molecule has 178 valence electrons. The van der Waals surface area contributed by atoms with E-state index in [0.717, 1.165) is 42.6 Å². The lowest BCUT2D eigenvalue weighted by molar-refractivity contribution is -0.113. The largest absolute Gasteiger partial charge is 0.378 e. The molecule has 2 aliphatic heterocycles. The number of thioether (sulfide) groups is 1. The van der Waals surface area contributed by atoms with Crippen molar-refractivity contribution in [3.8, 4) is 0 Å². The van der Waals surface area contributed by atoms with Crippen LogP contribution in [0.3, 0.4) is 0 Å². The summed E-state index contributed by atoms with van der Waals surface area (Å²) in [6, 6.07) is 29.8.